The predicted molar refractivity (Wildman–Crippen MR) is 105 cm³/mol. The number of anilines is 2. The molecule has 0 aliphatic carbocycles. The molecule has 0 saturated carbocycles. The lowest BCUT2D eigenvalue weighted by molar-refractivity contribution is -0.115. The maximum atomic E-state index is 12.2. The van der Waals surface area contributed by atoms with Crippen molar-refractivity contribution in [1.82, 2.24) is 10.3 Å². The van der Waals surface area contributed by atoms with Crippen LogP contribution in [0.2, 0.25) is 0 Å². The normalized spacial score (nSPS) is 11.0. The van der Waals surface area contributed by atoms with Crippen molar-refractivity contribution in [1.29, 1.82) is 0 Å². The minimum absolute atomic E-state index is 0.0328. The largest absolute Gasteiger partial charge is 0.363 e. The van der Waals surface area contributed by atoms with Gasteiger partial charge in [-0.1, -0.05) is 32.9 Å². The Hall–Kier alpha value is -2.89. The van der Waals surface area contributed by atoms with Crippen LogP contribution in [-0.2, 0) is 10.2 Å². The summed E-state index contributed by atoms with van der Waals surface area (Å²) in [6.45, 7) is 6.25. The Morgan fingerprint density at radius 3 is 2.19 bits per heavy atom. The Balaban J connectivity index is 1.87. The number of rotatable bonds is 5. The predicted octanol–water partition coefficient (Wildman–Crippen LogP) is 2.81. The first-order valence-corrected chi connectivity index (χ1v) is 8.49. The van der Waals surface area contributed by atoms with Gasteiger partial charge in [0, 0.05) is 19.7 Å². The van der Waals surface area contributed by atoms with E-state index in [2.05, 4.69) is 36.4 Å². The average Bonchev–Trinajstić information content (AvgIpc) is 2.59. The monoisotopic (exact) mass is 354 g/mol. The molecule has 1 heterocycles. The van der Waals surface area contributed by atoms with E-state index in [4.69, 9.17) is 0 Å². The average molecular weight is 354 g/mol. The first-order chi connectivity index (χ1) is 12.2. The van der Waals surface area contributed by atoms with E-state index in [1.54, 1.807) is 24.4 Å². The molecule has 138 valence electrons. The van der Waals surface area contributed by atoms with Gasteiger partial charge in [0.15, 0.2) is 0 Å². The summed E-state index contributed by atoms with van der Waals surface area (Å²) in [6.07, 6.45) is 1.58. The van der Waals surface area contributed by atoms with Gasteiger partial charge in [-0.15, -0.1) is 0 Å². The summed E-state index contributed by atoms with van der Waals surface area (Å²) < 4.78 is 0. The minimum atomic E-state index is -0.302. The van der Waals surface area contributed by atoms with Crippen LogP contribution in [-0.4, -0.2) is 37.4 Å². The molecule has 0 aliphatic rings. The summed E-state index contributed by atoms with van der Waals surface area (Å²) in [5.41, 5.74) is 2.30. The van der Waals surface area contributed by atoms with E-state index in [-0.39, 0.29) is 23.8 Å². The molecule has 1 aromatic heterocycles. The molecule has 0 radical (unpaired) electrons. The smallest absolute Gasteiger partial charge is 0.251 e. The van der Waals surface area contributed by atoms with Crippen LogP contribution in [0, 0.1) is 0 Å². The fourth-order valence-corrected chi connectivity index (χ4v) is 2.31. The van der Waals surface area contributed by atoms with Crippen LogP contribution in [0.1, 0.15) is 36.7 Å². The second-order valence-corrected chi connectivity index (χ2v) is 7.36. The first kappa shape index (κ1) is 19.4. The molecule has 1 aromatic carbocycles. The molecule has 0 bridgehead atoms. The molecule has 2 amide bonds. The van der Waals surface area contributed by atoms with Crippen LogP contribution in [0.25, 0.3) is 0 Å². The quantitative estimate of drug-likeness (QED) is 0.866. The molecule has 0 saturated heterocycles. The van der Waals surface area contributed by atoms with Crippen LogP contribution in [0.15, 0.2) is 42.6 Å². The molecule has 6 nitrogen and oxygen atoms in total. The standard InChI is InChI=1S/C20H26N4O2/c1-20(2,3)15-8-6-14(7-9-15)19(26)22-13-18(25)23-16-10-11-17(21-12-16)24(4)5/h6-12H,13H2,1-5H3,(H,22,26)(H,23,25). The highest BCUT2D eigenvalue weighted by atomic mass is 16.2. The molecule has 26 heavy (non-hydrogen) atoms. The van der Waals surface area contributed by atoms with Crippen LogP contribution in [0.4, 0.5) is 11.5 Å². The summed E-state index contributed by atoms with van der Waals surface area (Å²) in [5.74, 6) is 0.223. The van der Waals surface area contributed by atoms with Crippen molar-refractivity contribution in [3.8, 4) is 0 Å². The zero-order valence-corrected chi connectivity index (χ0v) is 16.0. The molecule has 6 heteroatoms. The molecule has 2 N–H and O–H groups in total. The molecule has 0 spiro atoms. The highest BCUT2D eigenvalue weighted by Crippen LogP contribution is 2.22. The van der Waals surface area contributed by atoms with Gasteiger partial charge in [-0.05, 0) is 35.2 Å². The van der Waals surface area contributed by atoms with E-state index >= 15 is 0 Å². The second kappa shape index (κ2) is 7.99. The summed E-state index contributed by atoms with van der Waals surface area (Å²) >= 11 is 0. The third-order valence-electron chi connectivity index (χ3n) is 3.91. The number of aromatic nitrogens is 1. The van der Waals surface area contributed by atoms with Crippen molar-refractivity contribution in [2.45, 2.75) is 26.2 Å². The van der Waals surface area contributed by atoms with Gasteiger partial charge in [0.05, 0.1) is 18.4 Å². The highest BCUT2D eigenvalue weighted by Gasteiger charge is 2.14. The number of nitrogens with one attached hydrogen (secondary N) is 2. The van der Waals surface area contributed by atoms with Crippen LogP contribution >= 0.6 is 0 Å². The number of hydrogen-bond donors (Lipinski definition) is 2. The number of carbonyl (C=O) groups is 2. The molecule has 0 atom stereocenters. The lowest BCUT2D eigenvalue weighted by Crippen LogP contribution is -2.32. The van der Waals surface area contributed by atoms with Crippen molar-refractivity contribution in [2.75, 3.05) is 30.9 Å². The summed E-state index contributed by atoms with van der Waals surface area (Å²) in [7, 11) is 3.79. The van der Waals surface area contributed by atoms with Gasteiger partial charge in [-0.25, -0.2) is 4.98 Å². The number of pyridine rings is 1. The fraction of sp³-hybridized carbons (Fsp3) is 0.350. The lowest BCUT2D eigenvalue weighted by Gasteiger charge is -2.19. The van der Waals surface area contributed by atoms with Crippen LogP contribution < -0.4 is 15.5 Å². The topological polar surface area (TPSA) is 74.3 Å². The highest BCUT2D eigenvalue weighted by molar-refractivity contribution is 5.99. The zero-order chi connectivity index (χ0) is 19.3. The minimum Gasteiger partial charge on any atom is -0.363 e. The third-order valence-corrected chi connectivity index (χ3v) is 3.91. The van der Waals surface area contributed by atoms with Gasteiger partial charge in [-0.3, -0.25) is 9.59 Å². The molecule has 0 fully saturated rings. The van der Waals surface area contributed by atoms with E-state index in [9.17, 15) is 9.59 Å². The summed E-state index contributed by atoms with van der Waals surface area (Å²) in [4.78, 5) is 30.3. The van der Waals surface area contributed by atoms with Crippen molar-refractivity contribution in [3.63, 3.8) is 0 Å². The number of benzene rings is 1. The maximum absolute atomic E-state index is 12.2. The Kier molecular flexibility index (Phi) is 5.97. The van der Waals surface area contributed by atoms with Gasteiger partial charge < -0.3 is 15.5 Å². The first-order valence-electron chi connectivity index (χ1n) is 8.49. The number of hydrogen-bond acceptors (Lipinski definition) is 4. The third kappa shape index (κ3) is 5.31. The number of nitrogens with zero attached hydrogens (tertiary/aromatic N) is 2. The number of carbonyl (C=O) groups excluding carboxylic acids is 2. The fourth-order valence-electron chi connectivity index (χ4n) is 2.31. The van der Waals surface area contributed by atoms with E-state index in [0.717, 1.165) is 11.4 Å². The molecular weight excluding hydrogens is 328 g/mol. The maximum Gasteiger partial charge on any atom is 0.251 e. The molecule has 2 aromatic rings. The Morgan fingerprint density at radius 1 is 1.04 bits per heavy atom. The summed E-state index contributed by atoms with van der Waals surface area (Å²) in [6, 6.07) is 11.0. The molecule has 0 aliphatic heterocycles. The Morgan fingerprint density at radius 2 is 1.69 bits per heavy atom. The SMILES string of the molecule is CN(C)c1ccc(NC(=O)CNC(=O)c2ccc(C(C)(C)C)cc2)cn1. The van der Waals surface area contributed by atoms with E-state index in [0.29, 0.717) is 11.3 Å². The van der Waals surface area contributed by atoms with Crippen molar-refractivity contribution in [3.05, 3.63) is 53.7 Å². The van der Waals surface area contributed by atoms with Crippen molar-refractivity contribution in [2.24, 2.45) is 0 Å². The van der Waals surface area contributed by atoms with Crippen LogP contribution in [0.5, 0.6) is 0 Å². The lowest BCUT2D eigenvalue weighted by atomic mass is 9.87. The summed E-state index contributed by atoms with van der Waals surface area (Å²) in [5, 5.41) is 5.34. The van der Waals surface area contributed by atoms with Gasteiger partial charge in [0.25, 0.3) is 5.91 Å². The van der Waals surface area contributed by atoms with Gasteiger partial charge in [0.1, 0.15) is 5.82 Å². The van der Waals surface area contributed by atoms with Gasteiger partial charge in [0.2, 0.25) is 5.91 Å². The Bertz CT molecular complexity index is 760. The van der Waals surface area contributed by atoms with E-state index < -0.39 is 0 Å². The number of amides is 2. The molecule has 0 unspecified atom stereocenters. The van der Waals surface area contributed by atoms with Gasteiger partial charge >= 0.3 is 0 Å². The van der Waals surface area contributed by atoms with Gasteiger partial charge in [-0.2, -0.15) is 0 Å². The molecular formula is C20H26N4O2. The van der Waals surface area contributed by atoms with Crippen LogP contribution in [0.3, 0.4) is 0 Å². The van der Waals surface area contributed by atoms with E-state index in [1.807, 2.05) is 37.2 Å². The Labute approximate surface area is 154 Å². The van der Waals surface area contributed by atoms with Crippen molar-refractivity contribution >= 4 is 23.3 Å². The van der Waals surface area contributed by atoms with Crippen molar-refractivity contribution < 1.29 is 9.59 Å². The second-order valence-electron chi connectivity index (χ2n) is 7.36. The zero-order valence-electron chi connectivity index (χ0n) is 16.0. The van der Waals surface area contributed by atoms with E-state index in [1.165, 1.54) is 0 Å². The molecule has 2 rings (SSSR count).